The van der Waals surface area contributed by atoms with Gasteiger partial charge in [-0.15, -0.1) is 0 Å². The van der Waals surface area contributed by atoms with E-state index in [9.17, 15) is 4.79 Å². The van der Waals surface area contributed by atoms with Crippen molar-refractivity contribution in [2.75, 3.05) is 27.2 Å². The van der Waals surface area contributed by atoms with Crippen molar-refractivity contribution in [2.45, 2.75) is 103 Å². The van der Waals surface area contributed by atoms with Gasteiger partial charge in [-0.25, -0.2) is 0 Å². The van der Waals surface area contributed by atoms with Crippen LogP contribution in [0.2, 0.25) is 0 Å². The van der Waals surface area contributed by atoms with Crippen LogP contribution in [0.5, 0.6) is 5.75 Å². The Morgan fingerprint density at radius 1 is 0.700 bits per heavy atom. The van der Waals surface area contributed by atoms with Gasteiger partial charge < -0.3 is 9.22 Å². The Balaban J connectivity index is 1.88. The first kappa shape index (κ1) is 26.7. The SMILES string of the molecule is CCCCCCCC[N+](C)(C)CCCCCCCCCCC(=O)Oc1ccccc1. The van der Waals surface area contributed by atoms with Gasteiger partial charge in [0, 0.05) is 6.42 Å². The number of hydrogen-bond acceptors (Lipinski definition) is 2. The van der Waals surface area contributed by atoms with E-state index in [2.05, 4.69) is 21.0 Å². The van der Waals surface area contributed by atoms with Crippen molar-refractivity contribution in [2.24, 2.45) is 0 Å². The topological polar surface area (TPSA) is 26.3 Å². The number of nitrogens with zero attached hydrogens (tertiary/aromatic N) is 1. The summed E-state index contributed by atoms with van der Waals surface area (Å²) in [5.74, 6) is 0.541. The van der Waals surface area contributed by atoms with Gasteiger partial charge >= 0.3 is 5.97 Å². The molecular weight excluding hydrogens is 370 g/mol. The maximum atomic E-state index is 11.8. The molecule has 0 aromatic heterocycles. The first-order valence-electron chi connectivity index (χ1n) is 12.6. The number of ether oxygens (including phenoxy) is 1. The minimum absolute atomic E-state index is 0.108. The maximum Gasteiger partial charge on any atom is 0.311 e. The molecule has 0 saturated heterocycles. The third-order valence-corrected chi connectivity index (χ3v) is 5.99. The van der Waals surface area contributed by atoms with E-state index in [1.165, 1.54) is 94.6 Å². The Hall–Kier alpha value is -1.35. The highest BCUT2D eigenvalue weighted by atomic mass is 16.5. The molecule has 30 heavy (non-hydrogen) atoms. The molecule has 0 heterocycles. The summed E-state index contributed by atoms with van der Waals surface area (Å²) in [6.07, 6.45) is 18.9. The summed E-state index contributed by atoms with van der Waals surface area (Å²) in [4.78, 5) is 11.8. The number of carbonyl (C=O) groups is 1. The van der Waals surface area contributed by atoms with E-state index in [1.54, 1.807) is 0 Å². The molecule has 0 aliphatic rings. The summed E-state index contributed by atoms with van der Waals surface area (Å²) >= 11 is 0. The molecule has 172 valence electrons. The van der Waals surface area contributed by atoms with Crippen molar-refractivity contribution in [3.8, 4) is 5.75 Å². The van der Waals surface area contributed by atoms with Gasteiger partial charge in [-0.3, -0.25) is 4.79 Å². The molecule has 0 spiro atoms. The monoisotopic (exact) mass is 418 g/mol. The highest BCUT2D eigenvalue weighted by Gasteiger charge is 2.13. The lowest BCUT2D eigenvalue weighted by molar-refractivity contribution is -0.890. The standard InChI is InChI=1S/C27H48NO2/c1-4-5-6-7-13-19-24-28(2,3)25-20-14-11-9-8-10-12-18-23-27(29)30-26-21-16-15-17-22-26/h15-17,21-22H,4-14,18-20,23-25H2,1-3H3/q+1. The molecule has 0 N–H and O–H groups in total. The molecule has 0 unspecified atom stereocenters. The predicted octanol–water partition coefficient (Wildman–Crippen LogP) is 7.54. The first-order chi connectivity index (χ1) is 14.5. The van der Waals surface area contributed by atoms with Gasteiger partial charge in [-0.2, -0.15) is 0 Å². The van der Waals surface area contributed by atoms with Crippen molar-refractivity contribution in [1.82, 2.24) is 0 Å². The summed E-state index contributed by atoms with van der Waals surface area (Å²) in [6.45, 7) is 4.93. The summed E-state index contributed by atoms with van der Waals surface area (Å²) in [5.41, 5.74) is 0. The zero-order chi connectivity index (χ0) is 21.9. The van der Waals surface area contributed by atoms with Gasteiger partial charge in [0.15, 0.2) is 0 Å². The van der Waals surface area contributed by atoms with Gasteiger partial charge in [0.2, 0.25) is 0 Å². The van der Waals surface area contributed by atoms with Crippen LogP contribution in [0.3, 0.4) is 0 Å². The molecule has 0 amide bonds. The number of benzene rings is 1. The van der Waals surface area contributed by atoms with Crippen LogP contribution in [0.4, 0.5) is 0 Å². The number of para-hydroxylation sites is 1. The lowest BCUT2D eigenvalue weighted by Crippen LogP contribution is -2.41. The lowest BCUT2D eigenvalue weighted by atomic mass is 10.1. The van der Waals surface area contributed by atoms with E-state index < -0.39 is 0 Å². The van der Waals surface area contributed by atoms with E-state index in [0.717, 1.165) is 12.8 Å². The van der Waals surface area contributed by atoms with Gasteiger partial charge in [0.25, 0.3) is 0 Å². The number of esters is 1. The van der Waals surface area contributed by atoms with Crippen molar-refractivity contribution in [1.29, 1.82) is 0 Å². The number of carbonyl (C=O) groups excluding carboxylic acids is 1. The van der Waals surface area contributed by atoms with Crippen LogP contribution in [-0.2, 0) is 4.79 Å². The molecule has 1 aromatic carbocycles. The fourth-order valence-electron chi connectivity index (χ4n) is 3.97. The van der Waals surface area contributed by atoms with Crippen LogP contribution >= 0.6 is 0 Å². The number of hydrogen-bond donors (Lipinski definition) is 0. The maximum absolute atomic E-state index is 11.8. The Kier molecular flexibility index (Phi) is 15.4. The molecule has 0 aliphatic heterocycles. The van der Waals surface area contributed by atoms with Crippen LogP contribution in [0.25, 0.3) is 0 Å². The van der Waals surface area contributed by atoms with Crippen LogP contribution in [0, 0.1) is 0 Å². The highest BCUT2D eigenvalue weighted by Crippen LogP contribution is 2.14. The van der Waals surface area contributed by atoms with E-state index in [1.807, 2.05) is 30.3 Å². The average molecular weight is 419 g/mol. The summed E-state index contributed by atoms with van der Waals surface area (Å²) < 4.78 is 6.51. The normalized spacial score (nSPS) is 11.6. The fraction of sp³-hybridized carbons (Fsp3) is 0.741. The van der Waals surface area contributed by atoms with Gasteiger partial charge in [-0.05, 0) is 44.2 Å². The van der Waals surface area contributed by atoms with Gasteiger partial charge in [0.05, 0.1) is 27.2 Å². The fourth-order valence-corrected chi connectivity index (χ4v) is 3.97. The van der Waals surface area contributed by atoms with Crippen molar-refractivity contribution in [3.63, 3.8) is 0 Å². The van der Waals surface area contributed by atoms with E-state index >= 15 is 0 Å². The van der Waals surface area contributed by atoms with E-state index in [4.69, 9.17) is 4.74 Å². The Morgan fingerprint density at radius 2 is 1.17 bits per heavy atom. The Labute approximate surface area is 186 Å². The summed E-state index contributed by atoms with van der Waals surface area (Å²) in [6, 6.07) is 9.35. The molecule has 0 bridgehead atoms. The molecule has 3 heteroatoms. The smallest absolute Gasteiger partial charge is 0.311 e. The first-order valence-corrected chi connectivity index (χ1v) is 12.6. The minimum Gasteiger partial charge on any atom is -0.427 e. The second-order valence-electron chi connectivity index (χ2n) is 9.52. The third-order valence-electron chi connectivity index (χ3n) is 5.99. The van der Waals surface area contributed by atoms with Crippen LogP contribution in [0.15, 0.2) is 30.3 Å². The third kappa shape index (κ3) is 15.5. The Bertz CT molecular complexity index is 527. The van der Waals surface area contributed by atoms with Crippen LogP contribution in [-0.4, -0.2) is 37.6 Å². The van der Waals surface area contributed by atoms with Crippen molar-refractivity contribution in [3.05, 3.63) is 30.3 Å². The molecule has 0 fully saturated rings. The van der Waals surface area contributed by atoms with Gasteiger partial charge in [0.1, 0.15) is 5.75 Å². The predicted molar refractivity (Wildman–Crippen MR) is 129 cm³/mol. The zero-order valence-corrected chi connectivity index (χ0v) is 20.2. The average Bonchev–Trinajstić information content (AvgIpc) is 2.72. The van der Waals surface area contributed by atoms with E-state index in [0.29, 0.717) is 12.2 Å². The highest BCUT2D eigenvalue weighted by molar-refractivity contribution is 5.72. The number of unbranched alkanes of at least 4 members (excludes halogenated alkanes) is 12. The molecule has 3 nitrogen and oxygen atoms in total. The number of quaternary nitrogens is 1. The molecule has 0 saturated carbocycles. The van der Waals surface area contributed by atoms with Gasteiger partial charge in [-0.1, -0.05) is 82.9 Å². The molecule has 0 atom stereocenters. The summed E-state index contributed by atoms with van der Waals surface area (Å²) in [5, 5.41) is 0. The largest absolute Gasteiger partial charge is 0.427 e. The molecule has 0 aliphatic carbocycles. The van der Waals surface area contributed by atoms with Crippen molar-refractivity contribution >= 4 is 5.97 Å². The van der Waals surface area contributed by atoms with E-state index in [-0.39, 0.29) is 5.97 Å². The number of rotatable bonds is 19. The second kappa shape index (κ2) is 17.3. The minimum atomic E-state index is -0.108. The van der Waals surface area contributed by atoms with Crippen LogP contribution in [0.1, 0.15) is 103 Å². The zero-order valence-electron chi connectivity index (χ0n) is 20.2. The second-order valence-corrected chi connectivity index (χ2v) is 9.52. The quantitative estimate of drug-likeness (QED) is 0.100. The lowest BCUT2D eigenvalue weighted by Gasteiger charge is -2.30. The summed E-state index contributed by atoms with van der Waals surface area (Å²) in [7, 11) is 4.80. The van der Waals surface area contributed by atoms with Crippen molar-refractivity contribution < 1.29 is 14.0 Å². The molecule has 1 aromatic rings. The van der Waals surface area contributed by atoms with Crippen LogP contribution < -0.4 is 4.74 Å². The Morgan fingerprint density at radius 3 is 1.70 bits per heavy atom. The molecule has 0 radical (unpaired) electrons. The molecular formula is C27H48NO2+. The molecule has 1 rings (SSSR count).